The van der Waals surface area contributed by atoms with Crippen LogP contribution in [0.3, 0.4) is 0 Å². The zero-order valence-electron chi connectivity index (χ0n) is 14.2. The van der Waals surface area contributed by atoms with E-state index in [4.69, 9.17) is 14.8 Å². The van der Waals surface area contributed by atoms with Crippen LogP contribution in [0, 0.1) is 0 Å². The van der Waals surface area contributed by atoms with Crippen molar-refractivity contribution in [2.24, 2.45) is 0 Å². The van der Waals surface area contributed by atoms with Crippen molar-refractivity contribution in [2.45, 2.75) is 39.0 Å². The summed E-state index contributed by atoms with van der Waals surface area (Å²) in [5, 5.41) is 14.7. The third-order valence-corrected chi connectivity index (χ3v) is 5.56. The van der Waals surface area contributed by atoms with Crippen LogP contribution in [0.5, 0.6) is 0 Å². The fourth-order valence-electron chi connectivity index (χ4n) is 3.21. The zero-order chi connectivity index (χ0) is 16.9. The molecule has 4 heterocycles. The van der Waals surface area contributed by atoms with Crippen LogP contribution >= 0.6 is 11.3 Å². The lowest BCUT2D eigenvalue weighted by Crippen LogP contribution is -3.08. The summed E-state index contributed by atoms with van der Waals surface area (Å²) in [5.41, 5.74) is 2.02. The molecule has 4 rings (SSSR count). The molecule has 1 aliphatic rings. The minimum atomic E-state index is -0.165. The smallest absolute Gasteiger partial charge is 0.206 e. The van der Waals surface area contributed by atoms with Crippen molar-refractivity contribution in [3.8, 4) is 0 Å². The molecule has 8 heteroatoms. The number of aliphatic hydroxyl groups is 1. The first-order chi connectivity index (χ1) is 11.5. The average molecular weight is 348 g/mol. The van der Waals surface area contributed by atoms with Crippen LogP contribution < -0.4 is 4.90 Å². The molecule has 0 bridgehead atoms. The molecule has 0 fully saturated rings. The fourth-order valence-corrected chi connectivity index (χ4v) is 4.28. The minimum Gasteiger partial charge on any atom is -0.391 e. The second-order valence-electron chi connectivity index (χ2n) is 7.06. The Morgan fingerprint density at radius 1 is 1.46 bits per heavy atom. The highest BCUT2D eigenvalue weighted by molar-refractivity contribution is 7.19. The van der Waals surface area contributed by atoms with Gasteiger partial charge >= 0.3 is 0 Å². The molecule has 0 spiro atoms. The molecule has 1 atom stereocenters. The third kappa shape index (κ3) is 2.69. The number of quaternary nitrogens is 1. The van der Waals surface area contributed by atoms with E-state index in [1.165, 1.54) is 15.3 Å². The third-order valence-electron chi connectivity index (χ3n) is 4.45. The number of likely N-dealkylation sites (N-methyl/N-ethyl adjacent to an activating group) is 1. The molecule has 0 radical (unpaired) electrons. The summed E-state index contributed by atoms with van der Waals surface area (Å²) in [4.78, 5) is 12.8. The first-order valence-corrected chi connectivity index (χ1v) is 8.99. The second-order valence-corrected chi connectivity index (χ2v) is 8.14. The van der Waals surface area contributed by atoms with Crippen LogP contribution in [0.1, 0.15) is 30.1 Å². The highest BCUT2D eigenvalue weighted by Crippen LogP contribution is 2.39. The Morgan fingerprint density at radius 3 is 3.08 bits per heavy atom. The van der Waals surface area contributed by atoms with Gasteiger partial charge in [-0.3, -0.25) is 0 Å². The number of hydrogen-bond acceptors (Lipinski definition) is 6. The molecule has 0 saturated carbocycles. The summed E-state index contributed by atoms with van der Waals surface area (Å²) in [6.45, 7) is 6.41. The Kier molecular flexibility index (Phi) is 3.80. The molecule has 3 aromatic heterocycles. The first kappa shape index (κ1) is 15.9. The normalized spacial score (nSPS) is 18.2. The Bertz CT molecular complexity index is 901. The topological polar surface area (TPSA) is 77.0 Å². The molecule has 2 N–H and O–H groups in total. The quantitative estimate of drug-likeness (QED) is 0.704. The molecule has 0 saturated heterocycles. The Morgan fingerprint density at radius 2 is 2.29 bits per heavy atom. The van der Waals surface area contributed by atoms with E-state index in [2.05, 4.69) is 23.9 Å². The Labute approximate surface area is 143 Å². The van der Waals surface area contributed by atoms with E-state index >= 15 is 0 Å². The second kappa shape index (κ2) is 5.73. The van der Waals surface area contributed by atoms with E-state index < -0.39 is 0 Å². The molecule has 7 nitrogen and oxygen atoms in total. The summed E-state index contributed by atoms with van der Waals surface area (Å²) in [5.74, 6) is 0.779. The van der Waals surface area contributed by atoms with Crippen LogP contribution in [0.4, 0.5) is 0 Å². The molecule has 3 aromatic rings. The molecule has 0 aliphatic carbocycles. The van der Waals surface area contributed by atoms with E-state index in [0.717, 1.165) is 28.1 Å². The summed E-state index contributed by atoms with van der Waals surface area (Å²) < 4.78 is 7.71. The number of fused-ring (bicyclic) bond motifs is 5. The molecule has 1 aliphatic heterocycles. The number of aromatic nitrogens is 4. The van der Waals surface area contributed by atoms with Gasteiger partial charge in [0.25, 0.3) is 0 Å². The van der Waals surface area contributed by atoms with Crippen molar-refractivity contribution in [3.63, 3.8) is 0 Å². The minimum absolute atomic E-state index is 0.165. The molecule has 0 aromatic carbocycles. The monoisotopic (exact) mass is 348 g/mol. The number of nitrogens with zero attached hydrogens (tertiary/aromatic N) is 4. The van der Waals surface area contributed by atoms with Gasteiger partial charge in [0.15, 0.2) is 5.65 Å². The molecular weight excluding hydrogens is 326 g/mol. The number of nitrogens with one attached hydrogen (secondary N) is 1. The van der Waals surface area contributed by atoms with E-state index in [1.807, 2.05) is 7.05 Å². The summed E-state index contributed by atoms with van der Waals surface area (Å²) >= 11 is 1.69. The van der Waals surface area contributed by atoms with Gasteiger partial charge < -0.3 is 14.7 Å². The standard InChI is InChI=1S/C16H21N5O2S/c1-16(2)6-10-11(8-23-16)24-15-13(10)14-18-12(7-20(3)4-5-22)19-21(14)9-17-15/h9,22H,4-8H2,1-3H3/p+1. The number of rotatable bonds is 4. The van der Waals surface area contributed by atoms with E-state index in [9.17, 15) is 0 Å². The van der Waals surface area contributed by atoms with Gasteiger partial charge in [-0.15, -0.1) is 16.4 Å². The highest BCUT2D eigenvalue weighted by Gasteiger charge is 2.30. The lowest BCUT2D eigenvalue weighted by Gasteiger charge is -2.30. The molecule has 128 valence electrons. The summed E-state index contributed by atoms with van der Waals surface area (Å²) in [7, 11) is 2.03. The lowest BCUT2D eigenvalue weighted by atomic mass is 9.94. The molecule has 24 heavy (non-hydrogen) atoms. The maximum absolute atomic E-state index is 9.06. The Hall–Kier alpha value is -1.61. The zero-order valence-corrected chi connectivity index (χ0v) is 15.0. The predicted octanol–water partition coefficient (Wildman–Crippen LogP) is 0.197. The van der Waals surface area contributed by atoms with Crippen molar-refractivity contribution < 1.29 is 14.7 Å². The van der Waals surface area contributed by atoms with Crippen molar-refractivity contribution in [1.82, 2.24) is 19.6 Å². The largest absolute Gasteiger partial charge is 0.391 e. The van der Waals surface area contributed by atoms with Crippen LogP contribution in [0.15, 0.2) is 6.33 Å². The van der Waals surface area contributed by atoms with Crippen molar-refractivity contribution >= 4 is 27.2 Å². The first-order valence-electron chi connectivity index (χ1n) is 8.17. The van der Waals surface area contributed by atoms with E-state index in [0.29, 0.717) is 19.7 Å². The molecule has 1 unspecified atom stereocenters. The lowest BCUT2D eigenvalue weighted by molar-refractivity contribution is -0.894. The SMILES string of the molecule is C[NH+](CCO)Cc1nc2c3c4c(sc3ncn2n1)COC(C)(C)C4. The van der Waals surface area contributed by atoms with Crippen LogP contribution in [0.25, 0.3) is 15.9 Å². The average Bonchev–Trinajstić information content (AvgIpc) is 3.06. The number of thiophene rings is 1. The van der Waals surface area contributed by atoms with Gasteiger partial charge in [-0.25, -0.2) is 14.5 Å². The maximum Gasteiger partial charge on any atom is 0.206 e. The molecular formula is C16H22N5O2S+. The predicted molar refractivity (Wildman–Crippen MR) is 91.3 cm³/mol. The summed E-state index contributed by atoms with van der Waals surface area (Å²) in [6.07, 6.45) is 2.60. The van der Waals surface area contributed by atoms with Gasteiger partial charge in [0.1, 0.15) is 24.2 Å². The van der Waals surface area contributed by atoms with Crippen LogP contribution in [0.2, 0.25) is 0 Å². The molecule has 0 amide bonds. The van der Waals surface area contributed by atoms with Gasteiger partial charge in [-0.2, -0.15) is 0 Å². The van der Waals surface area contributed by atoms with Gasteiger partial charge in [-0.1, -0.05) is 0 Å². The van der Waals surface area contributed by atoms with Crippen molar-refractivity contribution in [3.05, 3.63) is 22.6 Å². The van der Waals surface area contributed by atoms with E-state index in [-0.39, 0.29) is 12.2 Å². The van der Waals surface area contributed by atoms with Crippen LogP contribution in [-0.2, 0) is 24.3 Å². The van der Waals surface area contributed by atoms with Gasteiger partial charge in [0.05, 0.1) is 31.2 Å². The van der Waals surface area contributed by atoms with Gasteiger partial charge in [-0.05, 0) is 19.4 Å². The highest BCUT2D eigenvalue weighted by atomic mass is 32.1. The number of ether oxygens (including phenoxy) is 1. The summed E-state index contributed by atoms with van der Waals surface area (Å²) in [6, 6.07) is 0. The van der Waals surface area contributed by atoms with Crippen molar-refractivity contribution in [1.29, 1.82) is 0 Å². The van der Waals surface area contributed by atoms with E-state index in [1.54, 1.807) is 22.2 Å². The maximum atomic E-state index is 9.06. The number of hydrogen-bond donors (Lipinski definition) is 2. The van der Waals surface area contributed by atoms with Gasteiger partial charge in [0.2, 0.25) is 5.82 Å². The van der Waals surface area contributed by atoms with Gasteiger partial charge in [0, 0.05) is 11.3 Å². The number of aliphatic hydroxyl groups excluding tert-OH is 1. The van der Waals surface area contributed by atoms with Crippen LogP contribution in [-0.4, -0.2) is 50.5 Å². The Balaban J connectivity index is 1.82. The van der Waals surface area contributed by atoms with Crippen molar-refractivity contribution in [2.75, 3.05) is 20.2 Å². The fraction of sp³-hybridized carbons (Fsp3) is 0.562.